The van der Waals surface area contributed by atoms with E-state index in [4.69, 9.17) is 4.74 Å². The van der Waals surface area contributed by atoms with Crippen LogP contribution in [0.15, 0.2) is 28.7 Å². The van der Waals surface area contributed by atoms with Crippen LogP contribution in [0.1, 0.15) is 12.8 Å². The van der Waals surface area contributed by atoms with Crippen LogP contribution in [-0.2, 0) is 0 Å². The van der Waals surface area contributed by atoms with Gasteiger partial charge in [0, 0.05) is 6.54 Å². The molecule has 0 radical (unpaired) electrons. The van der Waals surface area contributed by atoms with E-state index < -0.39 is 12.7 Å². The molecule has 1 heterocycles. The highest BCUT2D eigenvalue weighted by Gasteiger charge is 2.33. The summed E-state index contributed by atoms with van der Waals surface area (Å²) in [6.45, 7) is -0.0566. The molecule has 6 heteroatoms. The second kappa shape index (κ2) is 6.13. The summed E-state index contributed by atoms with van der Waals surface area (Å²) in [6.07, 6.45) is -2.81. The fraction of sp³-hybridized carbons (Fsp3) is 0.538. The number of rotatable bonds is 3. The first-order valence-corrected chi connectivity index (χ1v) is 6.93. The molecule has 1 aliphatic heterocycles. The van der Waals surface area contributed by atoms with Crippen molar-refractivity contribution in [2.24, 2.45) is 0 Å². The van der Waals surface area contributed by atoms with Gasteiger partial charge in [-0.1, -0.05) is 12.1 Å². The molecule has 1 aliphatic rings. The van der Waals surface area contributed by atoms with Crippen LogP contribution in [0, 0.1) is 0 Å². The zero-order valence-electron chi connectivity index (χ0n) is 10.3. The summed E-state index contributed by atoms with van der Waals surface area (Å²) >= 11 is 3.37. The average Bonchev–Trinajstić information content (AvgIpc) is 2.30. The second-order valence-corrected chi connectivity index (χ2v) is 5.52. The number of piperidine rings is 1. The summed E-state index contributed by atoms with van der Waals surface area (Å²) in [7, 11) is 0. The van der Waals surface area contributed by atoms with Gasteiger partial charge >= 0.3 is 6.18 Å². The van der Waals surface area contributed by atoms with Gasteiger partial charge in [-0.25, -0.2) is 0 Å². The lowest BCUT2D eigenvalue weighted by atomic mass is 10.1. The van der Waals surface area contributed by atoms with Gasteiger partial charge in [-0.2, -0.15) is 13.2 Å². The second-order valence-electron chi connectivity index (χ2n) is 4.66. The minimum atomic E-state index is -4.14. The lowest BCUT2D eigenvalue weighted by Gasteiger charge is -2.33. The molecule has 2 nitrogen and oxygen atoms in total. The zero-order chi connectivity index (χ0) is 13.9. The van der Waals surface area contributed by atoms with Gasteiger partial charge in [0.05, 0.1) is 11.0 Å². The fourth-order valence-electron chi connectivity index (χ4n) is 2.23. The summed E-state index contributed by atoms with van der Waals surface area (Å²) in [4.78, 5) is 1.41. The molecule has 1 atom stereocenters. The number of hydrogen-bond acceptors (Lipinski definition) is 2. The van der Waals surface area contributed by atoms with E-state index in [-0.39, 0.29) is 6.10 Å². The van der Waals surface area contributed by atoms with E-state index in [1.165, 1.54) is 4.90 Å². The molecule has 0 aliphatic carbocycles. The molecule has 0 N–H and O–H groups in total. The van der Waals surface area contributed by atoms with Crippen LogP contribution in [-0.4, -0.2) is 36.8 Å². The number of para-hydroxylation sites is 1. The molecule has 1 aromatic carbocycles. The van der Waals surface area contributed by atoms with Gasteiger partial charge in [-0.05, 0) is 47.4 Å². The first-order valence-electron chi connectivity index (χ1n) is 6.14. The summed E-state index contributed by atoms with van der Waals surface area (Å²) < 4.78 is 43.7. The standard InChI is InChI=1S/C13H15BrF3NO/c14-11-5-1-2-6-12(11)19-10-4-3-7-18(8-10)9-13(15,16)17/h1-2,5-6,10H,3-4,7-9H2. The zero-order valence-corrected chi connectivity index (χ0v) is 11.9. The van der Waals surface area contributed by atoms with E-state index in [0.29, 0.717) is 18.8 Å². The van der Waals surface area contributed by atoms with Gasteiger partial charge in [-0.15, -0.1) is 0 Å². The van der Waals surface area contributed by atoms with Crippen molar-refractivity contribution in [2.75, 3.05) is 19.6 Å². The van der Waals surface area contributed by atoms with Crippen molar-refractivity contribution in [1.82, 2.24) is 4.90 Å². The Kier molecular flexibility index (Phi) is 4.73. The Labute approximate surface area is 118 Å². The molecule has 19 heavy (non-hydrogen) atoms. The maximum Gasteiger partial charge on any atom is 0.401 e. The maximum absolute atomic E-state index is 12.4. The quantitative estimate of drug-likeness (QED) is 0.830. The van der Waals surface area contributed by atoms with Crippen molar-refractivity contribution in [1.29, 1.82) is 0 Å². The molecule has 0 spiro atoms. The van der Waals surface area contributed by atoms with Crippen molar-refractivity contribution < 1.29 is 17.9 Å². The van der Waals surface area contributed by atoms with Crippen molar-refractivity contribution in [3.8, 4) is 5.75 Å². The third-order valence-corrected chi connectivity index (χ3v) is 3.65. The number of hydrogen-bond donors (Lipinski definition) is 0. The Morgan fingerprint density at radius 3 is 2.74 bits per heavy atom. The predicted octanol–water partition coefficient (Wildman–Crippen LogP) is 3.85. The van der Waals surface area contributed by atoms with E-state index in [9.17, 15) is 13.2 Å². The van der Waals surface area contributed by atoms with Crippen LogP contribution in [0.5, 0.6) is 5.75 Å². The first-order chi connectivity index (χ1) is 8.94. The highest BCUT2D eigenvalue weighted by atomic mass is 79.9. The minimum absolute atomic E-state index is 0.185. The highest BCUT2D eigenvalue weighted by Crippen LogP contribution is 2.27. The topological polar surface area (TPSA) is 12.5 Å². The molecular weight excluding hydrogens is 323 g/mol. The highest BCUT2D eigenvalue weighted by molar-refractivity contribution is 9.10. The van der Waals surface area contributed by atoms with E-state index in [1.807, 2.05) is 24.3 Å². The molecule has 106 valence electrons. The molecule has 1 unspecified atom stereocenters. The lowest BCUT2D eigenvalue weighted by molar-refractivity contribution is -0.150. The summed E-state index contributed by atoms with van der Waals surface area (Å²) in [6, 6.07) is 7.38. The molecule has 0 amide bonds. The Bertz CT molecular complexity index is 425. The Balaban J connectivity index is 1.93. The van der Waals surface area contributed by atoms with Crippen molar-refractivity contribution >= 4 is 15.9 Å². The van der Waals surface area contributed by atoms with Gasteiger partial charge in [-0.3, -0.25) is 4.90 Å². The van der Waals surface area contributed by atoms with Crippen LogP contribution < -0.4 is 4.74 Å². The SMILES string of the molecule is FC(F)(F)CN1CCCC(Oc2ccccc2Br)C1. The fourth-order valence-corrected chi connectivity index (χ4v) is 2.60. The number of ether oxygens (including phenoxy) is 1. The minimum Gasteiger partial charge on any atom is -0.488 e. The van der Waals surface area contributed by atoms with E-state index in [2.05, 4.69) is 15.9 Å². The third-order valence-electron chi connectivity index (χ3n) is 3.00. The van der Waals surface area contributed by atoms with Gasteiger partial charge in [0.15, 0.2) is 0 Å². The first kappa shape index (κ1) is 14.7. The van der Waals surface area contributed by atoms with E-state index in [0.717, 1.165) is 17.3 Å². The molecule has 1 saturated heterocycles. The summed E-state index contributed by atoms with van der Waals surface area (Å²) in [5.41, 5.74) is 0. The average molecular weight is 338 g/mol. The van der Waals surface area contributed by atoms with Gasteiger partial charge in [0.25, 0.3) is 0 Å². The molecule has 1 fully saturated rings. The lowest BCUT2D eigenvalue weighted by Crippen LogP contribution is -2.45. The van der Waals surface area contributed by atoms with Crippen LogP contribution in [0.2, 0.25) is 0 Å². The number of benzene rings is 1. The Morgan fingerprint density at radius 1 is 1.32 bits per heavy atom. The molecule has 0 saturated carbocycles. The van der Waals surface area contributed by atoms with Crippen molar-refractivity contribution in [3.05, 3.63) is 28.7 Å². The summed E-state index contributed by atoms with van der Waals surface area (Å²) in [5.74, 6) is 0.682. The number of halogens is 4. The van der Waals surface area contributed by atoms with Gasteiger partial charge < -0.3 is 4.74 Å². The predicted molar refractivity (Wildman–Crippen MR) is 70.3 cm³/mol. The molecule has 2 rings (SSSR count). The monoisotopic (exact) mass is 337 g/mol. The number of nitrogens with zero attached hydrogens (tertiary/aromatic N) is 1. The van der Waals surface area contributed by atoms with Crippen molar-refractivity contribution in [2.45, 2.75) is 25.1 Å². The smallest absolute Gasteiger partial charge is 0.401 e. The maximum atomic E-state index is 12.4. The van der Waals surface area contributed by atoms with Gasteiger partial charge in [0.1, 0.15) is 11.9 Å². The normalized spacial score (nSPS) is 21.4. The molecule has 1 aromatic rings. The van der Waals surface area contributed by atoms with Crippen molar-refractivity contribution in [3.63, 3.8) is 0 Å². The largest absolute Gasteiger partial charge is 0.488 e. The Hall–Kier alpha value is -0.750. The molecular formula is C13H15BrF3NO. The van der Waals surface area contributed by atoms with Crippen LogP contribution in [0.4, 0.5) is 13.2 Å². The number of likely N-dealkylation sites (tertiary alicyclic amines) is 1. The summed E-state index contributed by atoms with van der Waals surface area (Å²) in [5, 5.41) is 0. The number of alkyl halides is 3. The van der Waals surface area contributed by atoms with Crippen LogP contribution in [0.3, 0.4) is 0 Å². The third kappa shape index (κ3) is 4.69. The molecule has 0 aromatic heterocycles. The van der Waals surface area contributed by atoms with Crippen LogP contribution >= 0.6 is 15.9 Å². The molecule has 0 bridgehead atoms. The van der Waals surface area contributed by atoms with E-state index >= 15 is 0 Å². The van der Waals surface area contributed by atoms with E-state index in [1.54, 1.807) is 0 Å². The van der Waals surface area contributed by atoms with Gasteiger partial charge in [0.2, 0.25) is 0 Å². The Morgan fingerprint density at radius 2 is 2.05 bits per heavy atom. The van der Waals surface area contributed by atoms with Crippen LogP contribution in [0.25, 0.3) is 0 Å².